The van der Waals surface area contributed by atoms with Crippen molar-refractivity contribution in [2.45, 2.75) is 39.9 Å². The Morgan fingerprint density at radius 2 is 1.93 bits per heavy atom. The molecule has 0 aromatic heterocycles. The molecular weight excluding hydrogens is 186 g/mol. The number of benzene rings is 1. The highest BCUT2D eigenvalue weighted by molar-refractivity contribution is 5.34. The summed E-state index contributed by atoms with van der Waals surface area (Å²) in [7, 11) is 0. The molecule has 1 aromatic rings. The fourth-order valence-electron chi connectivity index (χ4n) is 1.71. The summed E-state index contributed by atoms with van der Waals surface area (Å²) in [5.41, 5.74) is 9.54. The zero-order valence-electron chi connectivity index (χ0n) is 10.1. The Labute approximate surface area is 92.4 Å². The lowest BCUT2D eigenvalue weighted by Crippen LogP contribution is -2.20. The molecule has 0 radical (unpaired) electrons. The Balaban J connectivity index is 2.96. The van der Waals surface area contributed by atoms with Crippen LogP contribution in [-0.4, -0.2) is 12.6 Å². The van der Waals surface area contributed by atoms with Crippen LogP contribution in [0, 0.1) is 13.8 Å². The molecule has 2 nitrogen and oxygen atoms in total. The summed E-state index contributed by atoms with van der Waals surface area (Å²) >= 11 is 0. The van der Waals surface area contributed by atoms with Gasteiger partial charge in [-0.2, -0.15) is 0 Å². The normalized spacial score (nSPS) is 13.2. The third kappa shape index (κ3) is 3.05. The molecule has 1 rings (SSSR count). The maximum Gasteiger partial charge on any atom is 0.0953 e. The molecule has 1 aromatic carbocycles. The Morgan fingerprint density at radius 3 is 2.47 bits per heavy atom. The molecule has 0 bridgehead atoms. The fourth-order valence-corrected chi connectivity index (χ4v) is 1.71. The first-order valence-corrected chi connectivity index (χ1v) is 5.48. The number of aryl methyl sites for hydroxylation is 1. The summed E-state index contributed by atoms with van der Waals surface area (Å²) in [6.07, 6.45) is 0.225. The first-order chi connectivity index (χ1) is 7.06. The van der Waals surface area contributed by atoms with Crippen molar-refractivity contribution in [3.8, 4) is 0 Å². The topological polar surface area (TPSA) is 35.2 Å². The molecule has 1 unspecified atom stereocenters. The van der Waals surface area contributed by atoms with Gasteiger partial charge in [-0.1, -0.05) is 18.2 Å². The van der Waals surface area contributed by atoms with Gasteiger partial charge in [0.2, 0.25) is 0 Å². The van der Waals surface area contributed by atoms with Crippen molar-refractivity contribution in [2.75, 3.05) is 6.54 Å². The molecule has 15 heavy (non-hydrogen) atoms. The highest BCUT2D eigenvalue weighted by Crippen LogP contribution is 2.23. The molecular formula is C13H21NO. The van der Waals surface area contributed by atoms with Crippen LogP contribution in [0.15, 0.2) is 18.2 Å². The van der Waals surface area contributed by atoms with E-state index in [-0.39, 0.29) is 12.2 Å². The second kappa shape index (κ2) is 5.29. The Kier molecular flexibility index (Phi) is 4.30. The molecule has 0 amide bonds. The van der Waals surface area contributed by atoms with Crippen LogP contribution >= 0.6 is 0 Å². The number of nitrogens with two attached hydrogens (primary N) is 1. The van der Waals surface area contributed by atoms with Gasteiger partial charge in [0.25, 0.3) is 0 Å². The van der Waals surface area contributed by atoms with Gasteiger partial charge < -0.3 is 10.5 Å². The SMILES string of the molecule is Cc1cccc(C(CN)OC(C)C)c1C. The highest BCUT2D eigenvalue weighted by Gasteiger charge is 2.14. The van der Waals surface area contributed by atoms with E-state index < -0.39 is 0 Å². The summed E-state index contributed by atoms with van der Waals surface area (Å²) in [4.78, 5) is 0. The molecule has 84 valence electrons. The van der Waals surface area contributed by atoms with E-state index in [1.807, 2.05) is 13.8 Å². The van der Waals surface area contributed by atoms with Gasteiger partial charge in [0.1, 0.15) is 0 Å². The lowest BCUT2D eigenvalue weighted by Gasteiger charge is -2.21. The van der Waals surface area contributed by atoms with Gasteiger partial charge in [0.05, 0.1) is 12.2 Å². The zero-order valence-corrected chi connectivity index (χ0v) is 10.1. The average Bonchev–Trinajstić information content (AvgIpc) is 2.19. The molecule has 2 heteroatoms. The molecule has 0 aliphatic carbocycles. The van der Waals surface area contributed by atoms with Crippen LogP contribution in [-0.2, 0) is 4.74 Å². The van der Waals surface area contributed by atoms with Crippen LogP contribution in [0.3, 0.4) is 0 Å². The minimum Gasteiger partial charge on any atom is -0.370 e. The monoisotopic (exact) mass is 207 g/mol. The van der Waals surface area contributed by atoms with E-state index in [0.29, 0.717) is 6.54 Å². The van der Waals surface area contributed by atoms with E-state index in [0.717, 1.165) is 0 Å². The summed E-state index contributed by atoms with van der Waals surface area (Å²) in [6.45, 7) is 8.84. The second-order valence-corrected chi connectivity index (χ2v) is 4.20. The third-order valence-electron chi connectivity index (χ3n) is 2.64. The molecule has 0 heterocycles. The van der Waals surface area contributed by atoms with Crippen molar-refractivity contribution < 1.29 is 4.74 Å². The van der Waals surface area contributed by atoms with Crippen LogP contribution in [0.2, 0.25) is 0 Å². The first-order valence-electron chi connectivity index (χ1n) is 5.48. The molecule has 0 saturated heterocycles. The highest BCUT2D eigenvalue weighted by atomic mass is 16.5. The third-order valence-corrected chi connectivity index (χ3v) is 2.64. The number of rotatable bonds is 4. The maximum atomic E-state index is 5.80. The summed E-state index contributed by atoms with van der Waals surface area (Å²) in [5.74, 6) is 0. The number of hydrogen-bond donors (Lipinski definition) is 1. The molecule has 1 atom stereocenters. The average molecular weight is 207 g/mol. The smallest absolute Gasteiger partial charge is 0.0953 e. The van der Waals surface area contributed by atoms with Crippen LogP contribution in [0.5, 0.6) is 0 Å². The predicted molar refractivity (Wildman–Crippen MR) is 63.9 cm³/mol. The van der Waals surface area contributed by atoms with Gasteiger partial charge in [-0.15, -0.1) is 0 Å². The van der Waals surface area contributed by atoms with Crippen molar-refractivity contribution in [3.63, 3.8) is 0 Å². The standard InChI is InChI=1S/C13H21NO/c1-9(2)15-13(8-14)12-7-5-6-10(3)11(12)4/h5-7,9,13H,8,14H2,1-4H3. The zero-order chi connectivity index (χ0) is 11.4. The van der Waals surface area contributed by atoms with Crippen molar-refractivity contribution in [1.29, 1.82) is 0 Å². The molecule has 0 spiro atoms. The lowest BCUT2D eigenvalue weighted by atomic mass is 9.99. The van der Waals surface area contributed by atoms with E-state index >= 15 is 0 Å². The minimum absolute atomic E-state index is 0.0184. The van der Waals surface area contributed by atoms with Crippen LogP contribution in [0.25, 0.3) is 0 Å². The van der Waals surface area contributed by atoms with E-state index in [1.165, 1.54) is 16.7 Å². The van der Waals surface area contributed by atoms with Crippen molar-refractivity contribution in [3.05, 3.63) is 34.9 Å². The second-order valence-electron chi connectivity index (χ2n) is 4.20. The van der Waals surface area contributed by atoms with Gasteiger partial charge in [-0.25, -0.2) is 0 Å². The Hall–Kier alpha value is -0.860. The summed E-state index contributed by atoms with van der Waals surface area (Å²) < 4.78 is 5.80. The predicted octanol–water partition coefficient (Wildman–Crippen LogP) is 2.73. The van der Waals surface area contributed by atoms with Crippen LogP contribution in [0.1, 0.15) is 36.6 Å². The number of hydrogen-bond acceptors (Lipinski definition) is 2. The Morgan fingerprint density at radius 1 is 1.27 bits per heavy atom. The summed E-state index contributed by atoms with van der Waals surface area (Å²) in [6, 6.07) is 6.27. The van der Waals surface area contributed by atoms with Gasteiger partial charge in [0.15, 0.2) is 0 Å². The maximum absolute atomic E-state index is 5.80. The van der Waals surface area contributed by atoms with Crippen molar-refractivity contribution in [2.24, 2.45) is 5.73 Å². The minimum atomic E-state index is 0.0184. The van der Waals surface area contributed by atoms with E-state index in [2.05, 4.69) is 32.0 Å². The molecule has 2 N–H and O–H groups in total. The molecule has 0 fully saturated rings. The van der Waals surface area contributed by atoms with Crippen molar-refractivity contribution >= 4 is 0 Å². The largest absolute Gasteiger partial charge is 0.370 e. The number of ether oxygens (including phenoxy) is 1. The van der Waals surface area contributed by atoms with Gasteiger partial charge in [0, 0.05) is 6.54 Å². The molecule has 0 aliphatic rings. The van der Waals surface area contributed by atoms with E-state index in [1.54, 1.807) is 0 Å². The van der Waals surface area contributed by atoms with E-state index in [4.69, 9.17) is 10.5 Å². The molecule has 0 saturated carbocycles. The van der Waals surface area contributed by atoms with Gasteiger partial charge >= 0.3 is 0 Å². The molecule has 0 aliphatic heterocycles. The quantitative estimate of drug-likeness (QED) is 0.824. The van der Waals surface area contributed by atoms with E-state index in [9.17, 15) is 0 Å². The Bertz CT molecular complexity index is 320. The van der Waals surface area contributed by atoms with Gasteiger partial charge in [-0.3, -0.25) is 0 Å². The van der Waals surface area contributed by atoms with Crippen LogP contribution in [0.4, 0.5) is 0 Å². The fraction of sp³-hybridized carbons (Fsp3) is 0.538. The first kappa shape index (κ1) is 12.2. The van der Waals surface area contributed by atoms with Gasteiger partial charge in [-0.05, 0) is 44.4 Å². The van der Waals surface area contributed by atoms with Crippen LogP contribution < -0.4 is 5.73 Å². The summed E-state index contributed by atoms with van der Waals surface area (Å²) in [5, 5.41) is 0. The lowest BCUT2D eigenvalue weighted by molar-refractivity contribution is 0.0116. The van der Waals surface area contributed by atoms with Crippen molar-refractivity contribution in [1.82, 2.24) is 0 Å².